The second-order valence-corrected chi connectivity index (χ2v) is 9.41. The fraction of sp³-hybridized carbons (Fsp3) is 0.696. The highest BCUT2D eigenvalue weighted by molar-refractivity contribution is 6.30. The lowest BCUT2D eigenvalue weighted by molar-refractivity contribution is -0.138. The molecule has 0 spiro atoms. The van der Waals surface area contributed by atoms with Gasteiger partial charge >= 0.3 is 0 Å². The molecule has 1 aromatic carbocycles. The minimum atomic E-state index is -0.149. The first-order valence-corrected chi connectivity index (χ1v) is 10.7. The Kier molecular flexibility index (Phi) is 8.18. The number of benzene rings is 1. The number of carbonyl (C=O) groups excluding carboxylic acids is 1. The van der Waals surface area contributed by atoms with Gasteiger partial charge in [-0.25, -0.2) is 0 Å². The van der Waals surface area contributed by atoms with E-state index in [1.165, 1.54) is 12.0 Å². The summed E-state index contributed by atoms with van der Waals surface area (Å²) in [5.74, 6) is 1.32. The first-order valence-electron chi connectivity index (χ1n) is 10.3. The Labute approximate surface area is 170 Å². The van der Waals surface area contributed by atoms with Crippen molar-refractivity contribution in [3.8, 4) is 0 Å². The van der Waals surface area contributed by atoms with Crippen molar-refractivity contribution in [2.24, 2.45) is 5.92 Å². The standard InChI is InChI=1S/C23H36ClNO2/c1-17(2)6-7-20(19-8-10-21(24)11-9-19)12-14-25(18(3)26)22-13-15-27-23(4,5)16-22/h8-11,17,20,22H,6-7,12-16H2,1-5H3. The smallest absolute Gasteiger partial charge is 0.219 e. The van der Waals surface area contributed by atoms with Crippen LogP contribution in [-0.4, -0.2) is 35.6 Å². The minimum absolute atomic E-state index is 0.149. The number of ether oxygens (including phenoxy) is 1. The monoisotopic (exact) mass is 393 g/mol. The molecule has 1 heterocycles. The summed E-state index contributed by atoms with van der Waals surface area (Å²) in [6.07, 6.45) is 5.17. The van der Waals surface area contributed by atoms with Crippen LogP contribution < -0.4 is 0 Å². The summed E-state index contributed by atoms with van der Waals surface area (Å²) in [4.78, 5) is 14.5. The van der Waals surface area contributed by atoms with Crippen molar-refractivity contribution >= 4 is 17.5 Å². The van der Waals surface area contributed by atoms with E-state index < -0.39 is 0 Å². The predicted molar refractivity (Wildman–Crippen MR) is 113 cm³/mol. The molecule has 0 radical (unpaired) electrons. The zero-order chi connectivity index (χ0) is 20.0. The number of rotatable bonds is 8. The Morgan fingerprint density at radius 3 is 2.44 bits per heavy atom. The first kappa shape index (κ1) is 22.2. The van der Waals surface area contributed by atoms with Gasteiger partial charge in [0, 0.05) is 31.1 Å². The lowest BCUT2D eigenvalue weighted by Crippen LogP contribution is -2.48. The van der Waals surface area contributed by atoms with Crippen LogP contribution in [0.2, 0.25) is 5.02 Å². The topological polar surface area (TPSA) is 29.5 Å². The van der Waals surface area contributed by atoms with Crippen molar-refractivity contribution in [2.45, 2.75) is 84.3 Å². The van der Waals surface area contributed by atoms with E-state index in [0.717, 1.165) is 43.9 Å². The predicted octanol–water partition coefficient (Wildman–Crippen LogP) is 6.06. The Bertz CT molecular complexity index is 597. The fourth-order valence-electron chi connectivity index (χ4n) is 4.10. The van der Waals surface area contributed by atoms with Crippen LogP contribution in [0.25, 0.3) is 0 Å². The normalized spacial score (nSPS) is 20.5. The summed E-state index contributed by atoms with van der Waals surface area (Å²) in [6.45, 7) is 12.0. The van der Waals surface area contributed by atoms with Gasteiger partial charge in [-0.15, -0.1) is 0 Å². The largest absolute Gasteiger partial charge is 0.375 e. The number of hydrogen-bond donors (Lipinski definition) is 0. The molecule has 1 fully saturated rings. The van der Waals surface area contributed by atoms with Gasteiger partial charge in [-0.2, -0.15) is 0 Å². The lowest BCUT2D eigenvalue weighted by Gasteiger charge is -2.41. The van der Waals surface area contributed by atoms with E-state index >= 15 is 0 Å². The van der Waals surface area contributed by atoms with Crippen molar-refractivity contribution in [3.05, 3.63) is 34.9 Å². The van der Waals surface area contributed by atoms with E-state index in [-0.39, 0.29) is 17.6 Å². The van der Waals surface area contributed by atoms with E-state index in [9.17, 15) is 4.79 Å². The average molecular weight is 394 g/mol. The van der Waals surface area contributed by atoms with Gasteiger partial charge in [0.1, 0.15) is 0 Å². The molecule has 27 heavy (non-hydrogen) atoms. The molecule has 1 aromatic rings. The van der Waals surface area contributed by atoms with E-state index in [1.54, 1.807) is 6.92 Å². The molecule has 0 N–H and O–H groups in total. The molecule has 1 saturated heterocycles. The second-order valence-electron chi connectivity index (χ2n) is 8.98. The third-order valence-electron chi connectivity index (χ3n) is 5.67. The van der Waals surface area contributed by atoms with E-state index in [0.29, 0.717) is 11.8 Å². The summed E-state index contributed by atoms with van der Waals surface area (Å²) < 4.78 is 5.85. The van der Waals surface area contributed by atoms with Gasteiger partial charge < -0.3 is 9.64 Å². The summed E-state index contributed by atoms with van der Waals surface area (Å²) >= 11 is 6.08. The highest BCUT2D eigenvalue weighted by atomic mass is 35.5. The molecule has 4 heteroatoms. The number of carbonyl (C=O) groups is 1. The quantitative estimate of drug-likeness (QED) is 0.537. The second kappa shape index (κ2) is 9.93. The Hall–Kier alpha value is -1.06. The molecule has 1 aliphatic rings. The zero-order valence-corrected chi connectivity index (χ0v) is 18.4. The molecule has 0 aliphatic carbocycles. The molecule has 0 aromatic heterocycles. The number of nitrogens with zero attached hydrogens (tertiary/aromatic N) is 1. The Balaban J connectivity index is 2.07. The Morgan fingerprint density at radius 2 is 1.89 bits per heavy atom. The third-order valence-corrected chi connectivity index (χ3v) is 5.92. The minimum Gasteiger partial charge on any atom is -0.375 e. The summed E-state index contributed by atoms with van der Waals surface area (Å²) in [6, 6.07) is 8.51. The van der Waals surface area contributed by atoms with Crippen molar-refractivity contribution in [3.63, 3.8) is 0 Å². The van der Waals surface area contributed by atoms with Crippen LogP contribution in [0.3, 0.4) is 0 Å². The lowest BCUT2D eigenvalue weighted by atomic mass is 9.87. The van der Waals surface area contributed by atoms with Crippen molar-refractivity contribution in [2.75, 3.05) is 13.2 Å². The number of halogens is 1. The molecule has 152 valence electrons. The average Bonchev–Trinajstić information content (AvgIpc) is 2.57. The van der Waals surface area contributed by atoms with Gasteiger partial charge in [-0.3, -0.25) is 4.79 Å². The zero-order valence-electron chi connectivity index (χ0n) is 17.6. The highest BCUT2D eigenvalue weighted by Gasteiger charge is 2.33. The van der Waals surface area contributed by atoms with Gasteiger partial charge in [-0.05, 0) is 69.1 Å². The van der Waals surface area contributed by atoms with Crippen LogP contribution in [-0.2, 0) is 9.53 Å². The molecule has 2 unspecified atom stereocenters. The van der Waals surface area contributed by atoms with Crippen LogP contribution in [0.4, 0.5) is 0 Å². The number of amides is 1. The van der Waals surface area contributed by atoms with E-state index in [2.05, 4.69) is 44.7 Å². The molecular formula is C23H36ClNO2. The van der Waals surface area contributed by atoms with Gasteiger partial charge in [-0.1, -0.05) is 44.0 Å². The van der Waals surface area contributed by atoms with Crippen LogP contribution in [0.1, 0.15) is 78.2 Å². The van der Waals surface area contributed by atoms with Crippen LogP contribution in [0.15, 0.2) is 24.3 Å². The van der Waals surface area contributed by atoms with E-state index in [1.807, 2.05) is 12.1 Å². The van der Waals surface area contributed by atoms with E-state index in [4.69, 9.17) is 16.3 Å². The molecule has 1 amide bonds. The maximum absolute atomic E-state index is 12.4. The van der Waals surface area contributed by atoms with Crippen molar-refractivity contribution < 1.29 is 9.53 Å². The third kappa shape index (κ3) is 7.12. The fourth-order valence-corrected chi connectivity index (χ4v) is 4.23. The van der Waals surface area contributed by atoms with Gasteiger partial charge in [0.2, 0.25) is 5.91 Å². The first-order chi connectivity index (χ1) is 12.7. The Morgan fingerprint density at radius 1 is 1.22 bits per heavy atom. The maximum Gasteiger partial charge on any atom is 0.219 e. The molecule has 2 rings (SSSR count). The van der Waals surface area contributed by atoms with Gasteiger partial charge in [0.15, 0.2) is 0 Å². The molecule has 0 saturated carbocycles. The molecule has 0 bridgehead atoms. The summed E-state index contributed by atoms with van der Waals surface area (Å²) in [5, 5.41) is 0.774. The van der Waals surface area contributed by atoms with Crippen molar-refractivity contribution in [1.29, 1.82) is 0 Å². The molecular weight excluding hydrogens is 358 g/mol. The maximum atomic E-state index is 12.4. The molecule has 1 aliphatic heterocycles. The van der Waals surface area contributed by atoms with Crippen LogP contribution >= 0.6 is 11.6 Å². The van der Waals surface area contributed by atoms with Crippen LogP contribution in [0.5, 0.6) is 0 Å². The number of hydrogen-bond acceptors (Lipinski definition) is 2. The van der Waals surface area contributed by atoms with Crippen molar-refractivity contribution in [1.82, 2.24) is 4.90 Å². The summed E-state index contributed by atoms with van der Waals surface area (Å²) in [5.41, 5.74) is 1.18. The molecule has 3 nitrogen and oxygen atoms in total. The molecule has 2 atom stereocenters. The van der Waals surface area contributed by atoms with Gasteiger partial charge in [0.05, 0.1) is 5.60 Å². The summed E-state index contributed by atoms with van der Waals surface area (Å²) in [7, 11) is 0. The van der Waals surface area contributed by atoms with Gasteiger partial charge in [0.25, 0.3) is 0 Å². The van der Waals surface area contributed by atoms with Crippen LogP contribution in [0, 0.1) is 5.92 Å². The SMILES string of the molecule is CC(=O)N(CCC(CCC(C)C)c1ccc(Cl)cc1)C1CCOC(C)(C)C1. The highest BCUT2D eigenvalue weighted by Crippen LogP contribution is 2.31.